The minimum atomic E-state index is -3.35. The summed E-state index contributed by atoms with van der Waals surface area (Å²) >= 11 is 0. The first-order chi connectivity index (χ1) is 10.8. The first kappa shape index (κ1) is 17.8. The Bertz CT molecular complexity index is 657. The third kappa shape index (κ3) is 4.96. The van der Waals surface area contributed by atoms with E-state index in [4.69, 9.17) is 0 Å². The molecule has 2 unspecified atom stereocenters. The Labute approximate surface area is 143 Å². The molecule has 2 aliphatic rings. The third-order valence-corrected chi connectivity index (χ3v) is 10.4. The summed E-state index contributed by atoms with van der Waals surface area (Å²) in [6.45, 7) is 2.74. The van der Waals surface area contributed by atoms with Gasteiger partial charge in [-0.25, -0.2) is 8.42 Å². The summed E-state index contributed by atoms with van der Waals surface area (Å²) in [5.41, 5.74) is 3.31. The van der Waals surface area contributed by atoms with Crippen LogP contribution in [0, 0.1) is 6.92 Å². The van der Waals surface area contributed by atoms with E-state index >= 15 is 0 Å². The highest BCUT2D eigenvalue weighted by Gasteiger charge is 2.36. The van der Waals surface area contributed by atoms with Gasteiger partial charge in [-0.15, -0.1) is 0 Å². The third-order valence-electron chi connectivity index (χ3n) is 3.90. The highest BCUT2D eigenvalue weighted by Crippen LogP contribution is 2.54. The van der Waals surface area contributed by atoms with Gasteiger partial charge in [0.25, 0.3) is 0 Å². The Kier molecular flexibility index (Phi) is 5.45. The van der Waals surface area contributed by atoms with Gasteiger partial charge in [0.1, 0.15) is 0 Å². The van der Waals surface area contributed by atoms with Gasteiger partial charge in [-0.2, -0.15) is 3.85 Å². The van der Waals surface area contributed by atoms with E-state index in [2.05, 4.69) is 11.0 Å². The van der Waals surface area contributed by atoms with E-state index in [1.165, 1.54) is 25.7 Å². The van der Waals surface area contributed by atoms with Crippen LogP contribution in [-0.2, 0) is 16.6 Å². The normalized spacial score (nSPS) is 19.9. The van der Waals surface area contributed by atoms with Crippen LogP contribution in [0.3, 0.4) is 0 Å². The summed E-state index contributed by atoms with van der Waals surface area (Å²) in [5.74, 6) is 0. The van der Waals surface area contributed by atoms with Crippen LogP contribution < -0.4 is 0 Å². The summed E-state index contributed by atoms with van der Waals surface area (Å²) in [4.78, 5) is 2.55. The standard InChI is InChI=1S/C16H26N2O2P2S/c1-12-8-13(11-17(2)3)10-16(9-12)23(19,20)18(21-14-4-5-14)22-15-6-7-15/h8-10,14-15,21-22H,4-7,11H2,1-3H3. The topological polar surface area (TPSA) is 40.6 Å². The number of benzene rings is 1. The fourth-order valence-corrected chi connectivity index (χ4v) is 8.86. The van der Waals surface area contributed by atoms with Crippen molar-refractivity contribution in [1.82, 2.24) is 8.75 Å². The van der Waals surface area contributed by atoms with Gasteiger partial charge in [0.05, 0.1) is 4.90 Å². The molecule has 0 aliphatic heterocycles. The largest absolute Gasteiger partial charge is 0.305 e. The van der Waals surface area contributed by atoms with Gasteiger partial charge >= 0.3 is 0 Å². The Morgan fingerprint density at radius 1 is 1.04 bits per heavy atom. The molecular weight excluding hydrogens is 346 g/mol. The van der Waals surface area contributed by atoms with Crippen molar-refractivity contribution in [3.05, 3.63) is 29.3 Å². The fourth-order valence-electron chi connectivity index (χ4n) is 2.47. The van der Waals surface area contributed by atoms with Crippen LogP contribution in [0.2, 0.25) is 0 Å². The van der Waals surface area contributed by atoms with Crippen LogP contribution in [-0.4, -0.2) is 42.6 Å². The summed E-state index contributed by atoms with van der Waals surface area (Å²) in [6, 6.07) is 5.77. The molecule has 0 aromatic heterocycles. The van der Waals surface area contributed by atoms with E-state index in [0.29, 0.717) is 33.7 Å². The second kappa shape index (κ2) is 7.06. The molecule has 0 N–H and O–H groups in total. The zero-order valence-electron chi connectivity index (χ0n) is 14.0. The molecule has 0 amide bonds. The predicted octanol–water partition coefficient (Wildman–Crippen LogP) is 3.56. The van der Waals surface area contributed by atoms with Crippen molar-refractivity contribution in [1.29, 1.82) is 0 Å². The van der Waals surface area contributed by atoms with Crippen LogP contribution in [0.5, 0.6) is 0 Å². The zero-order valence-corrected chi connectivity index (χ0v) is 16.9. The second-order valence-corrected chi connectivity index (χ2v) is 12.9. The molecule has 2 saturated carbocycles. The minimum absolute atomic E-state index is 0.437. The summed E-state index contributed by atoms with van der Waals surface area (Å²) in [7, 11) is 1.53. The molecule has 3 rings (SSSR count). The molecule has 1 aromatic rings. The minimum Gasteiger partial charge on any atom is -0.305 e. The number of sulfonamides is 1. The Hall–Kier alpha value is -0.0500. The monoisotopic (exact) mass is 372 g/mol. The SMILES string of the molecule is Cc1cc(CN(C)C)cc(S(=O)(=O)N(PC2CC2)PC2CC2)c1. The molecule has 2 atom stereocenters. The maximum atomic E-state index is 13.2. The van der Waals surface area contributed by atoms with E-state index in [-0.39, 0.29) is 0 Å². The quantitative estimate of drug-likeness (QED) is 0.655. The van der Waals surface area contributed by atoms with Gasteiger partial charge in [0.15, 0.2) is 0 Å². The Balaban J connectivity index is 1.87. The maximum Gasteiger partial charge on any atom is 0.249 e. The molecule has 0 radical (unpaired) electrons. The summed E-state index contributed by atoms with van der Waals surface area (Å²) in [6.07, 6.45) is 4.78. The van der Waals surface area contributed by atoms with Crippen LogP contribution in [0.4, 0.5) is 0 Å². The number of rotatable bonds is 8. The van der Waals surface area contributed by atoms with Crippen molar-refractivity contribution in [2.24, 2.45) is 0 Å². The molecule has 1 aromatic carbocycles. The first-order valence-electron chi connectivity index (χ1n) is 8.17. The van der Waals surface area contributed by atoms with Crippen molar-refractivity contribution in [2.45, 2.75) is 55.4 Å². The van der Waals surface area contributed by atoms with Crippen molar-refractivity contribution in [3.63, 3.8) is 0 Å². The summed E-state index contributed by atoms with van der Waals surface area (Å²) in [5, 5.41) is 0. The maximum absolute atomic E-state index is 13.2. The molecule has 23 heavy (non-hydrogen) atoms. The van der Waals surface area contributed by atoms with Crippen LogP contribution >= 0.6 is 17.5 Å². The van der Waals surface area contributed by atoms with Crippen molar-refractivity contribution in [3.8, 4) is 0 Å². The summed E-state index contributed by atoms with van der Waals surface area (Å²) < 4.78 is 28.2. The number of aryl methyl sites for hydroxylation is 1. The molecule has 128 valence electrons. The number of hydrogen-bond donors (Lipinski definition) is 0. The van der Waals surface area contributed by atoms with E-state index in [1.807, 2.05) is 37.0 Å². The average Bonchev–Trinajstić information content (AvgIpc) is 3.31. The lowest BCUT2D eigenvalue weighted by Crippen LogP contribution is -2.18. The highest BCUT2D eigenvalue weighted by molar-refractivity contribution is 7.97. The van der Waals surface area contributed by atoms with Crippen molar-refractivity contribution in [2.75, 3.05) is 14.1 Å². The molecule has 0 spiro atoms. The highest BCUT2D eigenvalue weighted by atomic mass is 32.2. The first-order valence-corrected chi connectivity index (χ1v) is 11.7. The van der Waals surface area contributed by atoms with E-state index in [9.17, 15) is 8.42 Å². The number of hydrogen-bond acceptors (Lipinski definition) is 3. The molecular formula is C16H26N2O2P2S. The molecule has 0 heterocycles. The molecule has 2 fully saturated rings. The van der Waals surface area contributed by atoms with Gasteiger partial charge in [0.2, 0.25) is 10.0 Å². The fraction of sp³-hybridized carbons (Fsp3) is 0.625. The van der Waals surface area contributed by atoms with Crippen LogP contribution in [0.1, 0.15) is 36.8 Å². The van der Waals surface area contributed by atoms with Crippen LogP contribution in [0.25, 0.3) is 0 Å². The lowest BCUT2D eigenvalue weighted by molar-refractivity contribution is 0.402. The predicted molar refractivity (Wildman–Crippen MR) is 100 cm³/mol. The average molecular weight is 372 g/mol. The van der Waals surface area contributed by atoms with Gasteiger partial charge < -0.3 is 4.90 Å². The Morgan fingerprint density at radius 2 is 1.61 bits per heavy atom. The molecule has 0 bridgehead atoms. The second-order valence-electron chi connectivity index (χ2n) is 6.97. The van der Waals surface area contributed by atoms with Gasteiger partial charge in [-0.1, -0.05) is 6.07 Å². The Morgan fingerprint density at radius 3 is 2.09 bits per heavy atom. The number of nitrogens with zero attached hydrogens (tertiary/aromatic N) is 2. The van der Waals surface area contributed by atoms with Gasteiger partial charge in [0, 0.05) is 6.54 Å². The van der Waals surface area contributed by atoms with E-state index in [1.54, 1.807) is 0 Å². The molecule has 2 aliphatic carbocycles. The lowest BCUT2D eigenvalue weighted by Gasteiger charge is -2.22. The van der Waals surface area contributed by atoms with E-state index in [0.717, 1.165) is 17.7 Å². The lowest BCUT2D eigenvalue weighted by atomic mass is 10.1. The van der Waals surface area contributed by atoms with Gasteiger partial charge in [-0.3, -0.25) is 0 Å². The van der Waals surface area contributed by atoms with Crippen molar-refractivity contribution < 1.29 is 8.42 Å². The van der Waals surface area contributed by atoms with Crippen LogP contribution in [0.15, 0.2) is 23.1 Å². The molecule has 7 heteroatoms. The van der Waals surface area contributed by atoms with E-state index < -0.39 is 10.0 Å². The molecule has 4 nitrogen and oxygen atoms in total. The van der Waals surface area contributed by atoms with Gasteiger partial charge in [-0.05, 0) is 98.7 Å². The van der Waals surface area contributed by atoms with Crippen molar-refractivity contribution >= 4 is 27.5 Å². The smallest absolute Gasteiger partial charge is 0.249 e. The molecule has 0 saturated heterocycles. The zero-order chi connectivity index (χ0) is 16.6.